The van der Waals surface area contributed by atoms with E-state index in [4.69, 9.17) is 0 Å². The molecule has 0 heterocycles. The summed E-state index contributed by atoms with van der Waals surface area (Å²) in [5, 5.41) is 15.9. The van der Waals surface area contributed by atoms with E-state index in [1.165, 1.54) is 18.4 Å². The van der Waals surface area contributed by atoms with Gasteiger partial charge in [-0.15, -0.1) is 24.0 Å². The van der Waals surface area contributed by atoms with Crippen LogP contribution in [0.2, 0.25) is 0 Å². The highest BCUT2D eigenvalue weighted by Gasteiger charge is 2.21. The van der Waals surface area contributed by atoms with Crippen LogP contribution in [0.1, 0.15) is 24.0 Å². The summed E-state index contributed by atoms with van der Waals surface area (Å²) >= 11 is 0. The van der Waals surface area contributed by atoms with E-state index in [0.29, 0.717) is 11.6 Å². The van der Waals surface area contributed by atoms with Gasteiger partial charge in [0.2, 0.25) is 0 Å². The number of guanidine groups is 1. The summed E-state index contributed by atoms with van der Waals surface area (Å²) in [5.41, 5.74) is 3.92. The lowest BCUT2D eigenvalue weighted by atomic mass is 9.99. The van der Waals surface area contributed by atoms with Gasteiger partial charge in [-0.1, -0.05) is 42.5 Å². The first-order valence-corrected chi connectivity index (χ1v) is 7.86. The number of rotatable bonds is 4. The number of hydrogen-bond acceptors (Lipinski definition) is 2. The molecule has 2 aromatic rings. The lowest BCUT2D eigenvalue weighted by Crippen LogP contribution is -2.38. The Morgan fingerprint density at radius 3 is 2.50 bits per heavy atom. The maximum atomic E-state index is 9.20. The zero-order valence-electron chi connectivity index (χ0n) is 13.6. The Bertz CT molecular complexity index is 743. The van der Waals surface area contributed by atoms with Gasteiger partial charge in [-0.2, -0.15) is 5.26 Å². The van der Waals surface area contributed by atoms with Crippen molar-refractivity contribution in [3.8, 4) is 17.2 Å². The summed E-state index contributed by atoms with van der Waals surface area (Å²) in [6, 6.07) is 18.8. The molecule has 1 saturated carbocycles. The number of benzene rings is 2. The van der Waals surface area contributed by atoms with Crippen molar-refractivity contribution in [2.45, 2.75) is 25.4 Å². The van der Waals surface area contributed by atoms with E-state index in [9.17, 15) is 5.26 Å². The molecule has 0 bridgehead atoms. The van der Waals surface area contributed by atoms with E-state index < -0.39 is 0 Å². The third-order valence-corrected chi connectivity index (χ3v) is 3.91. The molecule has 0 spiro atoms. The van der Waals surface area contributed by atoms with Gasteiger partial charge < -0.3 is 10.6 Å². The Hall–Kier alpha value is -2.07. The Kier molecular flexibility index (Phi) is 6.62. The lowest BCUT2D eigenvalue weighted by molar-refractivity contribution is 0.805. The predicted molar refractivity (Wildman–Crippen MR) is 108 cm³/mol. The minimum absolute atomic E-state index is 0. The van der Waals surface area contributed by atoms with Crippen molar-refractivity contribution in [1.82, 2.24) is 10.6 Å². The van der Waals surface area contributed by atoms with Crippen molar-refractivity contribution in [3.63, 3.8) is 0 Å². The summed E-state index contributed by atoms with van der Waals surface area (Å²) in [6.07, 6.45) is 2.46. The third kappa shape index (κ3) is 4.71. The van der Waals surface area contributed by atoms with Gasteiger partial charge in [-0.3, -0.25) is 4.99 Å². The summed E-state index contributed by atoms with van der Waals surface area (Å²) < 4.78 is 0. The van der Waals surface area contributed by atoms with Gasteiger partial charge in [0.1, 0.15) is 0 Å². The van der Waals surface area contributed by atoms with E-state index in [1.54, 1.807) is 7.05 Å². The minimum Gasteiger partial charge on any atom is -0.354 e. The molecule has 3 rings (SSSR count). The van der Waals surface area contributed by atoms with Crippen LogP contribution in [-0.4, -0.2) is 19.0 Å². The van der Waals surface area contributed by atoms with Crippen molar-refractivity contribution >= 4 is 29.9 Å². The molecule has 1 aliphatic rings. The number of halogens is 1. The van der Waals surface area contributed by atoms with Gasteiger partial charge in [0.15, 0.2) is 5.96 Å². The van der Waals surface area contributed by atoms with Crippen molar-refractivity contribution in [2.75, 3.05) is 7.05 Å². The fourth-order valence-corrected chi connectivity index (χ4v) is 2.44. The fraction of sp³-hybridized carbons (Fsp3) is 0.263. The van der Waals surface area contributed by atoms with Crippen LogP contribution in [0.3, 0.4) is 0 Å². The standard InChI is InChI=1S/C19H20N4.HI/c1-21-19(23-17-10-11-17)22-13-14-6-8-15(9-7-14)18-5-3-2-4-16(18)12-20;/h2-9,17H,10-11,13H2,1H3,(H2,21,22,23);1H. The molecule has 0 atom stereocenters. The van der Waals surface area contributed by atoms with Crippen LogP contribution in [0.4, 0.5) is 0 Å². The van der Waals surface area contributed by atoms with Gasteiger partial charge >= 0.3 is 0 Å². The van der Waals surface area contributed by atoms with E-state index >= 15 is 0 Å². The Balaban J connectivity index is 0.00000208. The molecule has 2 aromatic carbocycles. The quantitative estimate of drug-likeness (QED) is 0.441. The highest BCUT2D eigenvalue weighted by molar-refractivity contribution is 14.0. The molecule has 0 saturated heterocycles. The highest BCUT2D eigenvalue weighted by atomic mass is 127. The molecule has 5 heteroatoms. The third-order valence-electron chi connectivity index (χ3n) is 3.91. The smallest absolute Gasteiger partial charge is 0.191 e. The largest absolute Gasteiger partial charge is 0.354 e. The molecular formula is C19H21IN4. The van der Waals surface area contributed by atoms with Crippen LogP contribution >= 0.6 is 24.0 Å². The molecule has 2 N–H and O–H groups in total. The zero-order chi connectivity index (χ0) is 16.1. The second kappa shape index (κ2) is 8.69. The number of nitriles is 1. The summed E-state index contributed by atoms with van der Waals surface area (Å²) in [7, 11) is 1.79. The van der Waals surface area contributed by atoms with Crippen LogP contribution in [0.5, 0.6) is 0 Å². The van der Waals surface area contributed by atoms with Crippen molar-refractivity contribution in [2.24, 2.45) is 4.99 Å². The van der Waals surface area contributed by atoms with Crippen molar-refractivity contribution in [1.29, 1.82) is 5.26 Å². The summed E-state index contributed by atoms with van der Waals surface area (Å²) in [5.74, 6) is 0.853. The van der Waals surface area contributed by atoms with Crippen LogP contribution in [-0.2, 0) is 6.54 Å². The number of nitrogens with one attached hydrogen (secondary N) is 2. The summed E-state index contributed by atoms with van der Waals surface area (Å²) in [6.45, 7) is 0.729. The molecular weight excluding hydrogens is 411 g/mol. The molecule has 4 nitrogen and oxygen atoms in total. The first kappa shape index (κ1) is 18.3. The summed E-state index contributed by atoms with van der Waals surface area (Å²) in [4.78, 5) is 4.23. The maximum absolute atomic E-state index is 9.20. The second-order valence-electron chi connectivity index (χ2n) is 5.70. The van der Waals surface area contributed by atoms with E-state index in [1.807, 2.05) is 24.3 Å². The predicted octanol–water partition coefficient (Wildman–Crippen LogP) is 3.67. The topological polar surface area (TPSA) is 60.2 Å². The van der Waals surface area contributed by atoms with Gasteiger partial charge in [-0.25, -0.2) is 0 Å². The first-order chi connectivity index (χ1) is 11.3. The Morgan fingerprint density at radius 2 is 1.88 bits per heavy atom. The SMILES string of the molecule is CN=C(NCc1ccc(-c2ccccc2C#N)cc1)NC1CC1.I. The molecule has 0 radical (unpaired) electrons. The van der Waals surface area contributed by atoms with Gasteiger partial charge in [0.05, 0.1) is 11.6 Å². The van der Waals surface area contributed by atoms with Gasteiger partial charge in [-0.05, 0) is 35.6 Å². The fourth-order valence-electron chi connectivity index (χ4n) is 2.44. The first-order valence-electron chi connectivity index (χ1n) is 7.86. The number of aliphatic imine (C=N–C) groups is 1. The van der Waals surface area contributed by atoms with Crippen LogP contribution in [0.15, 0.2) is 53.5 Å². The molecule has 1 fully saturated rings. The van der Waals surface area contributed by atoms with E-state index in [-0.39, 0.29) is 24.0 Å². The molecule has 24 heavy (non-hydrogen) atoms. The Morgan fingerprint density at radius 1 is 1.17 bits per heavy atom. The molecule has 0 unspecified atom stereocenters. The average Bonchev–Trinajstić information content (AvgIpc) is 3.43. The number of hydrogen-bond donors (Lipinski definition) is 2. The average molecular weight is 432 g/mol. The molecule has 0 amide bonds. The molecule has 1 aliphatic carbocycles. The van der Waals surface area contributed by atoms with Crippen LogP contribution < -0.4 is 10.6 Å². The normalized spacial score (nSPS) is 13.6. The minimum atomic E-state index is 0. The van der Waals surface area contributed by atoms with Crippen LogP contribution in [0.25, 0.3) is 11.1 Å². The van der Waals surface area contributed by atoms with Crippen molar-refractivity contribution < 1.29 is 0 Å². The Labute approximate surface area is 160 Å². The molecule has 0 aromatic heterocycles. The van der Waals surface area contributed by atoms with E-state index in [0.717, 1.165) is 23.6 Å². The molecule has 0 aliphatic heterocycles. The van der Waals surface area contributed by atoms with Crippen molar-refractivity contribution in [3.05, 3.63) is 59.7 Å². The van der Waals surface area contributed by atoms with Gasteiger partial charge in [0, 0.05) is 19.6 Å². The molecule has 124 valence electrons. The van der Waals surface area contributed by atoms with Crippen LogP contribution in [0, 0.1) is 11.3 Å². The number of nitrogens with zero attached hydrogens (tertiary/aromatic N) is 2. The van der Waals surface area contributed by atoms with E-state index in [2.05, 4.69) is 46.0 Å². The maximum Gasteiger partial charge on any atom is 0.191 e. The monoisotopic (exact) mass is 432 g/mol. The zero-order valence-corrected chi connectivity index (χ0v) is 16.0. The highest BCUT2D eigenvalue weighted by Crippen LogP contribution is 2.23. The lowest BCUT2D eigenvalue weighted by Gasteiger charge is -2.11. The second-order valence-corrected chi connectivity index (χ2v) is 5.70. The van der Waals surface area contributed by atoms with Gasteiger partial charge in [0.25, 0.3) is 0 Å².